The maximum Gasteiger partial charge on any atom is 1.00 e. The molecule has 2 aromatic carbocycles. The predicted octanol–water partition coefficient (Wildman–Crippen LogP) is 7.64. The van der Waals surface area contributed by atoms with Crippen LogP contribution in [0.15, 0.2) is 48.5 Å². The molecule has 0 spiro atoms. The van der Waals surface area contributed by atoms with Crippen molar-refractivity contribution in [1.82, 2.24) is 0 Å². The minimum Gasteiger partial charge on any atom is -1.00 e. The molecular formula is C43H62ClNaO4S. The molecule has 272 valence electrons. The summed E-state index contributed by atoms with van der Waals surface area (Å²) in [4.78, 5) is 0. The maximum atomic E-state index is 9.54. The quantitative estimate of drug-likeness (QED) is 0.127. The first-order valence-electron chi connectivity index (χ1n) is 20.1. The van der Waals surface area contributed by atoms with Crippen LogP contribution in [-0.2, 0) is 20.3 Å². The molecule has 2 heterocycles. The second-order valence-electron chi connectivity index (χ2n) is 17.6. The van der Waals surface area contributed by atoms with E-state index in [-0.39, 0.29) is 37.2 Å². The number of alkyl halides is 1. The van der Waals surface area contributed by atoms with Gasteiger partial charge in [-0.05, 0) is 164 Å². The van der Waals surface area contributed by atoms with Gasteiger partial charge in [0.2, 0.25) is 0 Å². The van der Waals surface area contributed by atoms with Crippen LogP contribution in [0.2, 0.25) is 0 Å². The third-order valence-corrected chi connectivity index (χ3v) is 14.6. The van der Waals surface area contributed by atoms with Crippen molar-refractivity contribution in [3.8, 4) is 11.5 Å². The number of aromatic hydroxyl groups is 1. The van der Waals surface area contributed by atoms with Gasteiger partial charge in [0.1, 0.15) is 24.2 Å². The Balaban J connectivity index is 0.000000163. The van der Waals surface area contributed by atoms with Crippen molar-refractivity contribution in [2.75, 3.05) is 31.9 Å². The molecule has 2 saturated heterocycles. The number of hydrogen-bond acceptors (Lipinski definition) is 5. The average molecular weight is 734 g/mol. The molecule has 4 nitrogen and oxygen atoms in total. The van der Waals surface area contributed by atoms with E-state index in [0.717, 1.165) is 42.6 Å². The summed E-state index contributed by atoms with van der Waals surface area (Å²) in [5.74, 6) is 5.97. The normalized spacial score (nSPS) is 40.4. The zero-order valence-corrected chi connectivity index (χ0v) is 34.7. The second kappa shape index (κ2) is 16.1. The molecule has 10 aliphatic rings. The number of epoxide rings is 2. The van der Waals surface area contributed by atoms with E-state index in [1.807, 2.05) is 12.1 Å². The van der Waals surface area contributed by atoms with Crippen LogP contribution in [0.5, 0.6) is 11.5 Å². The first-order valence-corrected chi connectivity index (χ1v) is 20.6. The molecule has 1 N–H and O–H groups in total. The van der Waals surface area contributed by atoms with Crippen LogP contribution in [0.25, 0.3) is 0 Å². The van der Waals surface area contributed by atoms with Gasteiger partial charge in [0, 0.05) is 1.37 Å². The van der Waals surface area contributed by atoms with Crippen molar-refractivity contribution in [1.29, 1.82) is 0 Å². The van der Waals surface area contributed by atoms with E-state index in [4.69, 9.17) is 27.2 Å². The number of hydrogen-bond donors (Lipinski definition) is 2. The summed E-state index contributed by atoms with van der Waals surface area (Å²) >= 11 is 8.73. The molecule has 0 radical (unpaired) electrons. The molecule has 8 saturated carbocycles. The number of phenols is 1. The maximum absolute atomic E-state index is 9.54. The van der Waals surface area contributed by atoms with Gasteiger partial charge in [-0.3, -0.25) is 0 Å². The Labute approximate surface area is 338 Å². The summed E-state index contributed by atoms with van der Waals surface area (Å²) in [6.45, 7) is 7.27. The van der Waals surface area contributed by atoms with Gasteiger partial charge in [-0.2, -0.15) is 12.6 Å². The van der Waals surface area contributed by atoms with Gasteiger partial charge in [-0.25, -0.2) is 0 Å². The van der Waals surface area contributed by atoms with Gasteiger partial charge >= 0.3 is 29.6 Å². The van der Waals surface area contributed by atoms with E-state index < -0.39 is 0 Å². The number of ether oxygens (including phenoxy) is 3. The van der Waals surface area contributed by atoms with Crippen LogP contribution >= 0.6 is 24.2 Å². The summed E-state index contributed by atoms with van der Waals surface area (Å²) in [6, 6.07) is 17.2. The third kappa shape index (κ3) is 8.45. The van der Waals surface area contributed by atoms with Gasteiger partial charge in [0.05, 0.1) is 25.2 Å². The molecule has 4 unspecified atom stereocenters. The molecule has 8 aliphatic carbocycles. The van der Waals surface area contributed by atoms with Crippen molar-refractivity contribution in [3.63, 3.8) is 0 Å². The van der Waals surface area contributed by atoms with E-state index >= 15 is 0 Å². The van der Waals surface area contributed by atoms with Crippen LogP contribution in [0.4, 0.5) is 0 Å². The Bertz CT molecular complexity index is 1390. The largest absolute Gasteiger partial charge is 1.00 e. The standard InChI is InChI=1S/C21H28O2.C18H24O.C3H5ClO.CH4S.Na.H/c1-2-20-8-15-7-16(9-20)11-21(10-15,14-20)17-3-5-18(6-4-17)22-12-19-13-23-19;1-2-17-8-13-7-14(9-17)11-18(10-13,12-17)15-3-5-16(19)6-4-15;4-1-3-2-5-3;1-2;;/h3-6,15-16,19H,2,7-14H2,1H3;3-6,13-14,19H,2,7-12H2,1H3;3H,1-2H2;2H,1H3;;/q;;;;+1;-1/t15?,16?,19-,20?,21?;;3-;;;/m1.1.../s1/i;;;1D;;. The van der Waals surface area contributed by atoms with Crippen LogP contribution in [0.3, 0.4) is 0 Å². The van der Waals surface area contributed by atoms with Crippen LogP contribution < -0.4 is 34.3 Å². The Morgan fingerprint density at radius 3 is 1.50 bits per heavy atom. The molecule has 6 atom stereocenters. The minimum absolute atomic E-state index is 0. The average Bonchev–Trinajstić information content (AvgIpc) is 4.04. The van der Waals surface area contributed by atoms with E-state index in [2.05, 4.69) is 62.9 Å². The third-order valence-electron chi connectivity index (χ3n) is 14.2. The van der Waals surface area contributed by atoms with E-state index in [0.29, 0.717) is 52.1 Å². The van der Waals surface area contributed by atoms with Crippen LogP contribution in [0.1, 0.15) is 118 Å². The topological polar surface area (TPSA) is 54.5 Å². The van der Waals surface area contributed by atoms with Crippen molar-refractivity contribution < 1.29 is 51.7 Å². The monoisotopic (exact) mass is 733 g/mol. The van der Waals surface area contributed by atoms with Gasteiger partial charge in [0.15, 0.2) is 0 Å². The van der Waals surface area contributed by atoms with Crippen molar-refractivity contribution in [2.45, 2.75) is 127 Å². The molecule has 8 bridgehead atoms. The molecule has 0 aromatic heterocycles. The molecule has 2 aliphatic heterocycles. The van der Waals surface area contributed by atoms with Crippen LogP contribution in [0, 0.1) is 34.5 Å². The van der Waals surface area contributed by atoms with E-state index in [1.165, 1.54) is 95.5 Å². The number of rotatable bonds is 8. The Morgan fingerprint density at radius 2 is 1.16 bits per heavy atom. The fourth-order valence-electron chi connectivity index (χ4n) is 12.6. The molecule has 2 aromatic rings. The predicted molar refractivity (Wildman–Crippen MR) is 204 cm³/mol. The summed E-state index contributed by atoms with van der Waals surface area (Å²) in [7, 11) is 0. The molecular weight excluding hydrogens is 671 g/mol. The SMILES string of the molecule is CCC12CC3CC(C1)CC(c1ccc(O)cc1)(C3)C2.CCC12CC3CC(C1)CC(c1ccc(OC[C@@H]4CO4)cc1)(C3)C2.ClC[C@@H]1CO1.[2H]CS.[H-].[Na+]. The summed E-state index contributed by atoms with van der Waals surface area (Å²) in [5, 5.41) is 9.54. The fraction of sp³-hybridized carbons (Fsp3) is 0.721. The zero-order chi connectivity index (χ0) is 35.0. The number of thiol groups is 1. The smallest absolute Gasteiger partial charge is 1.00 e. The number of halogens is 1. The Morgan fingerprint density at radius 1 is 0.760 bits per heavy atom. The molecule has 7 heteroatoms. The number of phenolic OH excluding ortho intramolecular Hbond substituents is 1. The van der Waals surface area contributed by atoms with Crippen molar-refractivity contribution in [2.24, 2.45) is 34.5 Å². The summed E-state index contributed by atoms with van der Waals surface area (Å²) < 4.78 is 21.8. The fourth-order valence-corrected chi connectivity index (χ4v) is 12.8. The molecule has 50 heavy (non-hydrogen) atoms. The molecule has 10 fully saturated rings. The zero-order valence-electron chi connectivity index (χ0n) is 33.0. The minimum atomic E-state index is 0. The second-order valence-corrected chi connectivity index (χ2v) is 17.9. The first-order chi connectivity index (χ1) is 24.2. The Kier molecular flexibility index (Phi) is 12.2. The Hall–Kier alpha value is -0.400. The summed E-state index contributed by atoms with van der Waals surface area (Å²) in [6.07, 6.45) is 21.1. The molecule has 12 rings (SSSR count). The van der Waals surface area contributed by atoms with Gasteiger partial charge in [-0.1, -0.05) is 51.0 Å². The van der Waals surface area contributed by atoms with E-state index in [1.54, 1.807) is 5.56 Å². The van der Waals surface area contributed by atoms with Gasteiger partial charge in [-0.15, -0.1) is 11.6 Å². The first kappa shape index (κ1) is 37.9. The van der Waals surface area contributed by atoms with Gasteiger partial charge in [0.25, 0.3) is 0 Å². The van der Waals surface area contributed by atoms with Gasteiger partial charge < -0.3 is 20.7 Å². The van der Waals surface area contributed by atoms with Crippen LogP contribution in [-0.4, -0.2) is 49.2 Å². The summed E-state index contributed by atoms with van der Waals surface area (Å²) in [5.41, 5.74) is 5.29. The van der Waals surface area contributed by atoms with Crippen molar-refractivity contribution >= 4 is 24.2 Å². The van der Waals surface area contributed by atoms with E-state index in [9.17, 15) is 5.11 Å². The van der Waals surface area contributed by atoms with Crippen molar-refractivity contribution in [3.05, 3.63) is 59.7 Å². The number of benzene rings is 2. The molecule has 0 amide bonds.